The van der Waals surface area contributed by atoms with E-state index < -0.39 is 0 Å². The summed E-state index contributed by atoms with van der Waals surface area (Å²) in [6.45, 7) is 5.08. The molecule has 92 valence electrons. The molecule has 0 radical (unpaired) electrons. The Hall–Kier alpha value is -1.06. The largest absolute Gasteiger partial charge is 0.328 e. The Kier molecular flexibility index (Phi) is 3.69. The van der Waals surface area contributed by atoms with Gasteiger partial charge in [0.15, 0.2) is 0 Å². The number of halogens is 1. The van der Waals surface area contributed by atoms with Crippen molar-refractivity contribution in [3.05, 3.63) is 29.0 Å². The Labute approximate surface area is 107 Å². The summed E-state index contributed by atoms with van der Waals surface area (Å²) in [5, 5.41) is 0.733. The van der Waals surface area contributed by atoms with Crippen molar-refractivity contribution in [3.63, 3.8) is 0 Å². The van der Waals surface area contributed by atoms with Gasteiger partial charge < -0.3 is 10.3 Å². The maximum Gasteiger partial charge on any atom is 0.109 e. The number of nitrogens with zero attached hydrogens (tertiary/aromatic N) is 2. The van der Waals surface area contributed by atoms with Crippen LogP contribution in [0.4, 0.5) is 0 Å². The van der Waals surface area contributed by atoms with Crippen molar-refractivity contribution in [2.45, 2.75) is 39.3 Å². The highest BCUT2D eigenvalue weighted by atomic mass is 35.5. The van der Waals surface area contributed by atoms with Crippen LogP contribution in [0.3, 0.4) is 0 Å². The number of aromatic nitrogens is 2. The van der Waals surface area contributed by atoms with E-state index in [1.54, 1.807) is 0 Å². The Balaban J connectivity index is 2.41. The van der Waals surface area contributed by atoms with Crippen LogP contribution in [-0.2, 0) is 13.0 Å². The van der Waals surface area contributed by atoms with Crippen molar-refractivity contribution in [1.82, 2.24) is 9.55 Å². The molecule has 3 nitrogen and oxygen atoms in total. The molecule has 0 saturated carbocycles. The lowest BCUT2D eigenvalue weighted by Gasteiger charge is -2.07. The SMILES string of the molecule is CCn1c(CCC(C)N)nc2cc(Cl)ccc21. The molecular weight excluding hydrogens is 234 g/mol. The number of nitrogens with two attached hydrogens (primary N) is 1. The third kappa shape index (κ3) is 2.61. The predicted octanol–water partition coefficient (Wildman–Crippen LogP) is 2.99. The van der Waals surface area contributed by atoms with E-state index in [1.165, 1.54) is 0 Å². The number of hydrogen-bond donors (Lipinski definition) is 1. The second-order valence-electron chi connectivity index (χ2n) is 4.42. The van der Waals surface area contributed by atoms with E-state index in [0.29, 0.717) is 0 Å². The molecular formula is C13H18ClN3. The van der Waals surface area contributed by atoms with E-state index in [-0.39, 0.29) is 6.04 Å². The van der Waals surface area contributed by atoms with Gasteiger partial charge in [-0.2, -0.15) is 0 Å². The molecule has 1 unspecified atom stereocenters. The molecule has 1 aromatic carbocycles. The van der Waals surface area contributed by atoms with Crippen LogP contribution < -0.4 is 5.73 Å². The van der Waals surface area contributed by atoms with E-state index in [4.69, 9.17) is 17.3 Å². The zero-order valence-corrected chi connectivity index (χ0v) is 11.0. The van der Waals surface area contributed by atoms with Crippen LogP contribution in [0, 0.1) is 0 Å². The number of imidazole rings is 1. The summed E-state index contributed by atoms with van der Waals surface area (Å²) in [6.07, 6.45) is 1.87. The smallest absolute Gasteiger partial charge is 0.109 e. The maximum absolute atomic E-state index is 5.98. The number of hydrogen-bond acceptors (Lipinski definition) is 2. The number of benzene rings is 1. The van der Waals surface area contributed by atoms with Crippen LogP contribution >= 0.6 is 11.6 Å². The molecule has 0 aliphatic heterocycles. The second-order valence-corrected chi connectivity index (χ2v) is 4.86. The summed E-state index contributed by atoms with van der Waals surface area (Å²) in [4.78, 5) is 4.64. The summed E-state index contributed by atoms with van der Waals surface area (Å²) in [5.74, 6) is 1.10. The first-order valence-corrected chi connectivity index (χ1v) is 6.40. The van der Waals surface area contributed by atoms with E-state index in [0.717, 1.165) is 41.3 Å². The van der Waals surface area contributed by atoms with Gasteiger partial charge in [-0.15, -0.1) is 0 Å². The monoisotopic (exact) mass is 251 g/mol. The lowest BCUT2D eigenvalue weighted by molar-refractivity contribution is 0.620. The minimum atomic E-state index is 0.212. The molecule has 0 bridgehead atoms. The highest BCUT2D eigenvalue weighted by Crippen LogP contribution is 2.21. The Morgan fingerprint density at radius 1 is 1.47 bits per heavy atom. The van der Waals surface area contributed by atoms with Crippen molar-refractivity contribution < 1.29 is 0 Å². The van der Waals surface area contributed by atoms with Crippen LogP contribution in [0.1, 0.15) is 26.1 Å². The lowest BCUT2D eigenvalue weighted by Crippen LogP contribution is -2.16. The van der Waals surface area contributed by atoms with Crippen LogP contribution in [0.2, 0.25) is 5.02 Å². The van der Waals surface area contributed by atoms with E-state index in [9.17, 15) is 0 Å². The molecule has 1 heterocycles. The Morgan fingerprint density at radius 2 is 2.24 bits per heavy atom. The zero-order chi connectivity index (χ0) is 12.4. The van der Waals surface area contributed by atoms with Gasteiger partial charge in [0.2, 0.25) is 0 Å². The molecule has 17 heavy (non-hydrogen) atoms. The van der Waals surface area contributed by atoms with Crippen LogP contribution in [-0.4, -0.2) is 15.6 Å². The molecule has 1 atom stereocenters. The number of fused-ring (bicyclic) bond motifs is 1. The third-order valence-electron chi connectivity index (χ3n) is 2.93. The highest BCUT2D eigenvalue weighted by Gasteiger charge is 2.10. The fourth-order valence-electron chi connectivity index (χ4n) is 2.05. The topological polar surface area (TPSA) is 43.8 Å². The molecule has 2 aromatic rings. The van der Waals surface area contributed by atoms with Crippen molar-refractivity contribution in [3.8, 4) is 0 Å². The third-order valence-corrected chi connectivity index (χ3v) is 3.16. The fraction of sp³-hybridized carbons (Fsp3) is 0.462. The van der Waals surface area contributed by atoms with Crippen molar-refractivity contribution in [2.24, 2.45) is 5.73 Å². The Bertz CT molecular complexity index is 517. The summed E-state index contributed by atoms with van der Waals surface area (Å²) < 4.78 is 2.23. The lowest BCUT2D eigenvalue weighted by atomic mass is 10.2. The second kappa shape index (κ2) is 5.07. The van der Waals surface area contributed by atoms with Gasteiger partial charge in [-0.1, -0.05) is 11.6 Å². The molecule has 0 spiro atoms. The molecule has 0 saturated heterocycles. The summed E-state index contributed by atoms with van der Waals surface area (Å²) >= 11 is 5.98. The van der Waals surface area contributed by atoms with Crippen LogP contribution in [0.25, 0.3) is 11.0 Å². The van der Waals surface area contributed by atoms with E-state index >= 15 is 0 Å². The predicted molar refractivity (Wildman–Crippen MR) is 72.4 cm³/mol. The normalized spacial score (nSPS) is 13.2. The fourth-order valence-corrected chi connectivity index (χ4v) is 2.22. The molecule has 2 N–H and O–H groups in total. The minimum absolute atomic E-state index is 0.212. The summed E-state index contributed by atoms with van der Waals surface area (Å²) in [6, 6.07) is 6.07. The number of aryl methyl sites for hydroxylation is 2. The summed E-state index contributed by atoms with van der Waals surface area (Å²) in [5.41, 5.74) is 7.91. The highest BCUT2D eigenvalue weighted by molar-refractivity contribution is 6.31. The Morgan fingerprint density at radius 3 is 2.88 bits per heavy atom. The summed E-state index contributed by atoms with van der Waals surface area (Å²) in [7, 11) is 0. The first-order chi connectivity index (χ1) is 8.11. The standard InChI is InChI=1S/C13H18ClN3/c1-3-17-12-6-5-10(14)8-11(12)16-13(17)7-4-9(2)15/h5-6,8-9H,3-4,7,15H2,1-2H3. The van der Waals surface area contributed by atoms with Crippen molar-refractivity contribution in [1.29, 1.82) is 0 Å². The first kappa shape index (κ1) is 12.4. The average molecular weight is 252 g/mol. The van der Waals surface area contributed by atoms with Gasteiger partial charge in [0.25, 0.3) is 0 Å². The molecule has 0 aliphatic carbocycles. The van der Waals surface area contributed by atoms with Gasteiger partial charge in [0, 0.05) is 24.0 Å². The number of rotatable bonds is 4. The molecule has 0 fully saturated rings. The van der Waals surface area contributed by atoms with Gasteiger partial charge in [0.1, 0.15) is 5.82 Å². The van der Waals surface area contributed by atoms with E-state index in [2.05, 4.69) is 16.5 Å². The van der Waals surface area contributed by atoms with E-state index in [1.807, 2.05) is 25.1 Å². The quantitative estimate of drug-likeness (QED) is 0.908. The first-order valence-electron chi connectivity index (χ1n) is 6.02. The maximum atomic E-state index is 5.98. The molecule has 2 rings (SSSR count). The van der Waals surface area contributed by atoms with Gasteiger partial charge in [-0.3, -0.25) is 0 Å². The van der Waals surface area contributed by atoms with Gasteiger partial charge in [-0.25, -0.2) is 4.98 Å². The van der Waals surface area contributed by atoms with Crippen LogP contribution in [0.5, 0.6) is 0 Å². The van der Waals surface area contributed by atoms with Gasteiger partial charge in [0.05, 0.1) is 11.0 Å². The van der Waals surface area contributed by atoms with Crippen molar-refractivity contribution >= 4 is 22.6 Å². The van der Waals surface area contributed by atoms with Crippen molar-refractivity contribution in [2.75, 3.05) is 0 Å². The van der Waals surface area contributed by atoms with Gasteiger partial charge in [-0.05, 0) is 38.5 Å². The molecule has 0 aliphatic rings. The zero-order valence-electron chi connectivity index (χ0n) is 10.3. The van der Waals surface area contributed by atoms with Crippen LogP contribution in [0.15, 0.2) is 18.2 Å². The average Bonchev–Trinajstić information content (AvgIpc) is 2.62. The molecule has 4 heteroatoms. The molecule has 1 aromatic heterocycles. The molecule has 0 amide bonds. The minimum Gasteiger partial charge on any atom is -0.328 e. The van der Waals surface area contributed by atoms with Gasteiger partial charge >= 0.3 is 0 Å².